The lowest BCUT2D eigenvalue weighted by molar-refractivity contribution is -0.157. The number of carbonyl (C=O) groups excluding carboxylic acids is 3. The fraction of sp³-hybridized carbons (Fsp3) is 0.850. The van der Waals surface area contributed by atoms with Gasteiger partial charge in [-0.3, -0.25) is 4.79 Å². The third kappa shape index (κ3) is 8.71. The maximum Gasteiger partial charge on any atom is 0.408 e. The zero-order chi connectivity index (χ0) is 21.6. The number of thioether (sulfide) groups is 1. The van der Waals surface area contributed by atoms with Gasteiger partial charge in [0.2, 0.25) is 5.91 Å². The van der Waals surface area contributed by atoms with Crippen LogP contribution in [0.25, 0.3) is 0 Å². The molecular weight excluding hydrogens is 380 g/mol. The molecule has 1 aliphatic rings. The first kappa shape index (κ1) is 24.6. The highest BCUT2D eigenvalue weighted by atomic mass is 32.2. The summed E-state index contributed by atoms with van der Waals surface area (Å²) in [4.78, 5) is 36.2. The topological polar surface area (TPSA) is 108 Å². The highest BCUT2D eigenvalue weighted by Gasteiger charge is 2.41. The van der Waals surface area contributed by atoms with Crippen LogP contribution in [0.2, 0.25) is 0 Å². The summed E-state index contributed by atoms with van der Waals surface area (Å²) in [6, 6.07) is -0.782. The molecule has 0 radical (unpaired) electrons. The Labute approximate surface area is 172 Å². The summed E-state index contributed by atoms with van der Waals surface area (Å²) in [6.45, 7) is 10.6. The lowest BCUT2D eigenvalue weighted by Gasteiger charge is -2.38. The van der Waals surface area contributed by atoms with E-state index >= 15 is 0 Å². The van der Waals surface area contributed by atoms with E-state index in [0.717, 1.165) is 31.4 Å². The molecule has 0 unspecified atom stereocenters. The van der Waals surface area contributed by atoms with Crippen molar-refractivity contribution < 1.29 is 23.9 Å². The number of nitrogens with one attached hydrogen (secondary N) is 1. The molecule has 28 heavy (non-hydrogen) atoms. The van der Waals surface area contributed by atoms with Crippen LogP contribution in [-0.4, -0.2) is 46.7 Å². The van der Waals surface area contributed by atoms with E-state index in [0.29, 0.717) is 12.2 Å². The maximum absolute atomic E-state index is 12.5. The predicted octanol–water partition coefficient (Wildman–Crippen LogP) is 3.39. The Morgan fingerprint density at radius 2 is 1.61 bits per heavy atom. The van der Waals surface area contributed by atoms with Gasteiger partial charge in [-0.25, -0.2) is 9.59 Å². The van der Waals surface area contributed by atoms with Gasteiger partial charge in [-0.05, 0) is 78.7 Å². The van der Waals surface area contributed by atoms with Crippen LogP contribution in [0.4, 0.5) is 4.79 Å². The molecule has 1 saturated carbocycles. The Kier molecular flexibility index (Phi) is 8.65. The zero-order valence-corrected chi connectivity index (χ0v) is 18.9. The van der Waals surface area contributed by atoms with E-state index in [4.69, 9.17) is 15.2 Å². The third-order valence-electron chi connectivity index (χ3n) is 4.49. The first-order chi connectivity index (χ1) is 12.7. The number of nitrogens with two attached hydrogens (primary N) is 1. The molecule has 7 nitrogen and oxygen atoms in total. The van der Waals surface area contributed by atoms with Crippen molar-refractivity contribution in [2.45, 2.75) is 90.9 Å². The number of rotatable bonds is 9. The molecule has 0 bridgehead atoms. The molecule has 1 aliphatic carbocycles. The van der Waals surface area contributed by atoms with Crippen LogP contribution >= 0.6 is 11.8 Å². The maximum atomic E-state index is 12.5. The molecule has 0 aliphatic heterocycles. The van der Waals surface area contributed by atoms with Crippen LogP contribution in [0, 0.1) is 5.41 Å². The summed E-state index contributed by atoms with van der Waals surface area (Å²) in [5.41, 5.74) is 3.90. The van der Waals surface area contributed by atoms with Crippen molar-refractivity contribution in [3.63, 3.8) is 0 Å². The van der Waals surface area contributed by atoms with Crippen LogP contribution < -0.4 is 11.1 Å². The minimum Gasteiger partial charge on any atom is -0.458 e. The predicted molar refractivity (Wildman–Crippen MR) is 111 cm³/mol. The van der Waals surface area contributed by atoms with Crippen LogP contribution in [0.15, 0.2) is 0 Å². The molecule has 0 aromatic carbocycles. The van der Waals surface area contributed by atoms with Crippen molar-refractivity contribution in [1.29, 1.82) is 0 Å². The lowest BCUT2D eigenvalue weighted by atomic mass is 9.66. The van der Waals surface area contributed by atoms with E-state index in [2.05, 4.69) is 5.32 Å². The molecule has 1 atom stereocenters. The highest BCUT2D eigenvalue weighted by molar-refractivity contribution is 7.99. The number of alkyl carbamates (subject to hydrolysis) is 1. The van der Waals surface area contributed by atoms with Crippen molar-refractivity contribution >= 4 is 29.7 Å². The monoisotopic (exact) mass is 416 g/mol. The van der Waals surface area contributed by atoms with E-state index < -0.39 is 29.3 Å². The number of amides is 2. The summed E-state index contributed by atoms with van der Waals surface area (Å²) in [5.74, 6) is 0.745. The largest absolute Gasteiger partial charge is 0.458 e. The molecular formula is C20H36N2O5S. The second-order valence-electron chi connectivity index (χ2n) is 9.38. The van der Waals surface area contributed by atoms with Gasteiger partial charge in [0.1, 0.15) is 17.2 Å². The molecule has 0 aromatic rings. The van der Waals surface area contributed by atoms with Crippen LogP contribution in [-0.2, 0) is 19.1 Å². The van der Waals surface area contributed by atoms with Gasteiger partial charge >= 0.3 is 12.1 Å². The van der Waals surface area contributed by atoms with Crippen molar-refractivity contribution in [3.8, 4) is 0 Å². The van der Waals surface area contributed by atoms with Gasteiger partial charge in [0.05, 0.1) is 0 Å². The SMILES string of the molecule is CC(C)(C)OC(=O)N[C@@H](CCSCCC1(C(N)=O)CCC1)C(=O)OC(C)(C)C. The molecule has 8 heteroatoms. The number of hydrogen-bond donors (Lipinski definition) is 2. The van der Waals surface area contributed by atoms with Gasteiger partial charge in [0, 0.05) is 5.41 Å². The van der Waals surface area contributed by atoms with E-state index in [1.54, 1.807) is 53.3 Å². The third-order valence-corrected chi connectivity index (χ3v) is 5.51. The fourth-order valence-electron chi connectivity index (χ4n) is 2.87. The van der Waals surface area contributed by atoms with Crippen molar-refractivity contribution in [1.82, 2.24) is 5.32 Å². The van der Waals surface area contributed by atoms with Gasteiger partial charge in [-0.1, -0.05) is 6.42 Å². The minimum atomic E-state index is -0.782. The highest BCUT2D eigenvalue weighted by Crippen LogP contribution is 2.44. The Morgan fingerprint density at radius 3 is 2.04 bits per heavy atom. The van der Waals surface area contributed by atoms with Crippen LogP contribution in [0.1, 0.15) is 73.6 Å². The first-order valence-corrected chi connectivity index (χ1v) is 11.0. The fourth-order valence-corrected chi connectivity index (χ4v) is 4.01. The second kappa shape index (κ2) is 9.85. The molecule has 3 N–H and O–H groups in total. The smallest absolute Gasteiger partial charge is 0.408 e. The van der Waals surface area contributed by atoms with Crippen molar-refractivity contribution in [3.05, 3.63) is 0 Å². The minimum absolute atomic E-state index is 0.211. The number of ether oxygens (including phenoxy) is 2. The average Bonchev–Trinajstić information content (AvgIpc) is 2.43. The van der Waals surface area contributed by atoms with Gasteiger partial charge in [-0.15, -0.1) is 0 Å². The summed E-state index contributed by atoms with van der Waals surface area (Å²) in [6.07, 6.45) is 3.31. The van der Waals surface area contributed by atoms with Crippen LogP contribution in [0.3, 0.4) is 0 Å². The number of hydrogen-bond acceptors (Lipinski definition) is 6. The van der Waals surface area contributed by atoms with Crippen LogP contribution in [0.5, 0.6) is 0 Å². The number of primary amides is 1. The van der Waals surface area contributed by atoms with E-state index in [1.165, 1.54) is 0 Å². The summed E-state index contributed by atoms with van der Waals surface area (Å²) >= 11 is 1.64. The molecule has 0 spiro atoms. The summed E-state index contributed by atoms with van der Waals surface area (Å²) < 4.78 is 10.7. The van der Waals surface area contributed by atoms with Gasteiger partial charge in [0.15, 0.2) is 0 Å². The van der Waals surface area contributed by atoms with E-state index in [9.17, 15) is 14.4 Å². The zero-order valence-electron chi connectivity index (χ0n) is 18.1. The van der Waals surface area contributed by atoms with Gasteiger partial charge in [-0.2, -0.15) is 11.8 Å². The molecule has 0 heterocycles. The Balaban J connectivity index is 2.53. The average molecular weight is 417 g/mol. The molecule has 2 amide bonds. The lowest BCUT2D eigenvalue weighted by Crippen LogP contribution is -2.46. The molecule has 1 rings (SSSR count). The van der Waals surface area contributed by atoms with Crippen molar-refractivity contribution in [2.24, 2.45) is 11.1 Å². The summed E-state index contributed by atoms with van der Waals surface area (Å²) in [7, 11) is 0. The number of carbonyl (C=O) groups is 3. The van der Waals surface area contributed by atoms with Gasteiger partial charge in [0.25, 0.3) is 0 Å². The first-order valence-electron chi connectivity index (χ1n) is 9.84. The van der Waals surface area contributed by atoms with Crippen molar-refractivity contribution in [2.75, 3.05) is 11.5 Å². The normalized spacial score (nSPS) is 17.2. The Morgan fingerprint density at radius 1 is 1.04 bits per heavy atom. The molecule has 162 valence electrons. The van der Waals surface area contributed by atoms with Gasteiger partial charge < -0.3 is 20.5 Å². The standard InChI is InChI=1S/C20H36N2O5S/c1-18(2,3)26-15(23)14(22-17(25)27-19(4,5)6)8-12-28-13-11-20(16(21)24)9-7-10-20/h14H,7-13H2,1-6H3,(H2,21,24)(H,22,25)/t14-/m0/s1. The molecule has 0 saturated heterocycles. The number of esters is 1. The summed E-state index contributed by atoms with van der Waals surface area (Å²) in [5, 5.41) is 2.62. The Bertz CT molecular complexity index is 562. The quantitative estimate of drug-likeness (QED) is 0.441. The Hall–Kier alpha value is -1.44. The second-order valence-corrected chi connectivity index (χ2v) is 10.6. The van der Waals surface area contributed by atoms with E-state index in [1.807, 2.05) is 0 Å². The van der Waals surface area contributed by atoms with E-state index in [-0.39, 0.29) is 11.3 Å². The molecule has 1 fully saturated rings. The molecule has 0 aromatic heterocycles.